The second-order valence-corrected chi connectivity index (χ2v) is 5.98. The van der Waals surface area contributed by atoms with Crippen LogP contribution in [0.1, 0.15) is 30.4 Å². The Morgan fingerprint density at radius 2 is 2.04 bits per heavy atom. The van der Waals surface area contributed by atoms with E-state index in [2.05, 4.69) is 21.0 Å². The van der Waals surface area contributed by atoms with Crippen LogP contribution >= 0.6 is 0 Å². The maximum Gasteiger partial charge on any atom is 0.262 e. The average Bonchev–Trinajstić information content (AvgIpc) is 2.96. The molecule has 1 amide bonds. The standard InChI is InChI=1S/C18H21N5O3/c1-4-23-17(25)14-7-5-6-8-15(14)19-18(23)21-20-16(24)10-9-13-11(2)22-26-12(13)3/h5-8H,4,9-10H2,1-3H3,(H,19,21)(H,20,24). The lowest BCUT2D eigenvalue weighted by Crippen LogP contribution is -2.34. The zero-order valence-electron chi connectivity index (χ0n) is 15.0. The molecule has 3 aromatic rings. The number of fused-ring (bicyclic) bond motifs is 1. The minimum atomic E-state index is -0.213. The Balaban J connectivity index is 1.71. The number of carbonyl (C=O) groups is 1. The molecule has 26 heavy (non-hydrogen) atoms. The topological polar surface area (TPSA) is 102 Å². The summed E-state index contributed by atoms with van der Waals surface area (Å²) in [4.78, 5) is 29.1. The van der Waals surface area contributed by atoms with E-state index in [1.165, 1.54) is 4.57 Å². The van der Waals surface area contributed by atoms with Crippen molar-refractivity contribution in [3.05, 3.63) is 51.6 Å². The van der Waals surface area contributed by atoms with Crippen LogP contribution < -0.4 is 16.4 Å². The number of aromatic nitrogens is 3. The van der Waals surface area contributed by atoms with Crippen LogP contribution in [0, 0.1) is 13.8 Å². The number of nitrogens with zero attached hydrogens (tertiary/aromatic N) is 3. The Hall–Kier alpha value is -3.16. The van der Waals surface area contributed by atoms with E-state index < -0.39 is 0 Å². The minimum absolute atomic E-state index is 0.148. The lowest BCUT2D eigenvalue weighted by atomic mass is 10.1. The Labute approximate surface area is 150 Å². The summed E-state index contributed by atoms with van der Waals surface area (Å²) in [5.74, 6) is 0.816. The third-order valence-corrected chi connectivity index (χ3v) is 4.27. The maximum absolute atomic E-state index is 12.5. The van der Waals surface area contributed by atoms with Gasteiger partial charge in [0, 0.05) is 18.5 Å². The molecular formula is C18H21N5O3. The molecule has 0 radical (unpaired) electrons. The predicted molar refractivity (Wildman–Crippen MR) is 97.7 cm³/mol. The van der Waals surface area contributed by atoms with Crippen LogP contribution in [0.25, 0.3) is 10.9 Å². The first-order valence-electron chi connectivity index (χ1n) is 8.47. The highest BCUT2D eigenvalue weighted by Crippen LogP contribution is 2.14. The predicted octanol–water partition coefficient (Wildman–Crippen LogP) is 2.10. The summed E-state index contributed by atoms with van der Waals surface area (Å²) in [5, 5.41) is 4.42. The van der Waals surface area contributed by atoms with Crippen molar-refractivity contribution in [1.82, 2.24) is 20.1 Å². The highest BCUT2D eigenvalue weighted by Gasteiger charge is 2.13. The first kappa shape index (κ1) is 17.7. The first-order chi connectivity index (χ1) is 12.5. The molecule has 0 saturated carbocycles. The molecule has 0 aliphatic heterocycles. The number of aryl methyl sites for hydroxylation is 2. The summed E-state index contributed by atoms with van der Waals surface area (Å²) in [5.41, 5.74) is 7.54. The van der Waals surface area contributed by atoms with Gasteiger partial charge in [-0.3, -0.25) is 25.0 Å². The van der Waals surface area contributed by atoms with Crippen molar-refractivity contribution in [3.63, 3.8) is 0 Å². The molecule has 0 fully saturated rings. The van der Waals surface area contributed by atoms with Gasteiger partial charge in [-0.2, -0.15) is 0 Å². The first-order valence-corrected chi connectivity index (χ1v) is 8.47. The lowest BCUT2D eigenvalue weighted by molar-refractivity contribution is -0.120. The van der Waals surface area contributed by atoms with Crippen molar-refractivity contribution >= 4 is 22.8 Å². The molecule has 0 saturated heterocycles. The monoisotopic (exact) mass is 355 g/mol. The molecule has 0 aliphatic carbocycles. The fraction of sp³-hybridized carbons (Fsp3) is 0.333. The summed E-state index contributed by atoms with van der Waals surface area (Å²) < 4.78 is 6.58. The SMILES string of the molecule is CCn1c(NNC(=O)CCc2c(C)noc2C)nc2ccccc2c1=O. The van der Waals surface area contributed by atoms with E-state index in [-0.39, 0.29) is 17.9 Å². The molecule has 8 heteroatoms. The second-order valence-electron chi connectivity index (χ2n) is 5.98. The third kappa shape index (κ3) is 3.44. The van der Waals surface area contributed by atoms with E-state index in [1.54, 1.807) is 18.2 Å². The number of benzene rings is 1. The quantitative estimate of drug-likeness (QED) is 0.657. The summed E-state index contributed by atoms with van der Waals surface area (Å²) >= 11 is 0. The molecule has 2 heterocycles. The molecule has 0 aliphatic rings. The summed E-state index contributed by atoms with van der Waals surface area (Å²) in [6.45, 7) is 5.96. The van der Waals surface area contributed by atoms with Crippen molar-refractivity contribution in [2.45, 2.75) is 40.2 Å². The number of hydrogen-bond acceptors (Lipinski definition) is 6. The zero-order chi connectivity index (χ0) is 18.7. The van der Waals surface area contributed by atoms with Crippen molar-refractivity contribution in [2.24, 2.45) is 0 Å². The minimum Gasteiger partial charge on any atom is -0.361 e. The van der Waals surface area contributed by atoms with Gasteiger partial charge in [0.2, 0.25) is 11.9 Å². The van der Waals surface area contributed by atoms with Crippen molar-refractivity contribution in [3.8, 4) is 0 Å². The van der Waals surface area contributed by atoms with Crippen LogP contribution in [0.3, 0.4) is 0 Å². The molecule has 1 aromatic carbocycles. The fourth-order valence-corrected chi connectivity index (χ4v) is 2.84. The maximum atomic E-state index is 12.5. The Morgan fingerprint density at radius 3 is 2.73 bits per heavy atom. The number of carbonyl (C=O) groups excluding carboxylic acids is 1. The highest BCUT2D eigenvalue weighted by atomic mass is 16.5. The molecule has 0 atom stereocenters. The van der Waals surface area contributed by atoms with Gasteiger partial charge in [0.1, 0.15) is 5.76 Å². The van der Waals surface area contributed by atoms with Crippen LogP contribution in [0.15, 0.2) is 33.6 Å². The number of amides is 1. The van der Waals surface area contributed by atoms with Crippen LogP contribution in [0.4, 0.5) is 5.95 Å². The molecule has 8 nitrogen and oxygen atoms in total. The highest BCUT2D eigenvalue weighted by molar-refractivity contribution is 5.80. The Bertz CT molecular complexity index is 986. The van der Waals surface area contributed by atoms with Gasteiger partial charge in [-0.25, -0.2) is 4.98 Å². The van der Waals surface area contributed by atoms with Gasteiger partial charge in [-0.1, -0.05) is 17.3 Å². The van der Waals surface area contributed by atoms with Crippen LogP contribution in [-0.4, -0.2) is 20.6 Å². The van der Waals surface area contributed by atoms with Gasteiger partial charge in [0.15, 0.2) is 0 Å². The number of para-hydroxylation sites is 1. The Morgan fingerprint density at radius 1 is 1.27 bits per heavy atom. The molecule has 2 aromatic heterocycles. The molecule has 0 bridgehead atoms. The van der Waals surface area contributed by atoms with Gasteiger partial charge in [-0.15, -0.1) is 0 Å². The van der Waals surface area contributed by atoms with Gasteiger partial charge >= 0.3 is 0 Å². The normalized spacial score (nSPS) is 10.9. The largest absolute Gasteiger partial charge is 0.361 e. The van der Waals surface area contributed by atoms with E-state index in [9.17, 15) is 9.59 Å². The van der Waals surface area contributed by atoms with Gasteiger partial charge in [0.25, 0.3) is 5.56 Å². The average molecular weight is 355 g/mol. The smallest absolute Gasteiger partial charge is 0.262 e. The number of hydrogen-bond donors (Lipinski definition) is 2. The molecule has 2 N–H and O–H groups in total. The third-order valence-electron chi connectivity index (χ3n) is 4.27. The van der Waals surface area contributed by atoms with Gasteiger partial charge < -0.3 is 4.52 Å². The number of anilines is 1. The van der Waals surface area contributed by atoms with Crippen molar-refractivity contribution < 1.29 is 9.32 Å². The molecular weight excluding hydrogens is 334 g/mol. The molecule has 3 rings (SSSR count). The Kier molecular flexibility index (Phi) is 5.01. The molecule has 0 unspecified atom stereocenters. The summed E-state index contributed by atoms with van der Waals surface area (Å²) in [6, 6.07) is 7.12. The van der Waals surface area contributed by atoms with Gasteiger partial charge in [0.05, 0.1) is 16.6 Å². The molecule has 136 valence electrons. The van der Waals surface area contributed by atoms with E-state index in [0.29, 0.717) is 29.8 Å². The van der Waals surface area contributed by atoms with E-state index in [1.807, 2.05) is 26.8 Å². The number of hydrazine groups is 1. The number of nitrogens with one attached hydrogen (secondary N) is 2. The van der Waals surface area contributed by atoms with Gasteiger partial charge in [-0.05, 0) is 39.3 Å². The molecule has 0 spiro atoms. The van der Waals surface area contributed by atoms with E-state index in [0.717, 1.165) is 17.0 Å². The van der Waals surface area contributed by atoms with Crippen molar-refractivity contribution in [2.75, 3.05) is 5.43 Å². The lowest BCUT2D eigenvalue weighted by Gasteiger charge is -2.14. The second kappa shape index (κ2) is 7.38. The number of rotatable bonds is 6. The fourth-order valence-electron chi connectivity index (χ4n) is 2.84. The summed E-state index contributed by atoms with van der Waals surface area (Å²) in [7, 11) is 0. The van der Waals surface area contributed by atoms with E-state index in [4.69, 9.17) is 4.52 Å². The van der Waals surface area contributed by atoms with Crippen LogP contribution in [0.2, 0.25) is 0 Å². The van der Waals surface area contributed by atoms with Crippen molar-refractivity contribution in [1.29, 1.82) is 0 Å². The van der Waals surface area contributed by atoms with Crippen LogP contribution in [-0.2, 0) is 17.8 Å². The zero-order valence-corrected chi connectivity index (χ0v) is 15.0. The summed E-state index contributed by atoms with van der Waals surface area (Å²) in [6.07, 6.45) is 0.792. The van der Waals surface area contributed by atoms with E-state index >= 15 is 0 Å². The van der Waals surface area contributed by atoms with Crippen LogP contribution in [0.5, 0.6) is 0 Å².